The van der Waals surface area contributed by atoms with E-state index >= 15 is 0 Å². The zero-order valence-electron chi connectivity index (χ0n) is 8.53. The number of amides is 1. The number of carboxylic acid groups (broad SMARTS) is 1. The van der Waals surface area contributed by atoms with Gasteiger partial charge in [-0.25, -0.2) is 0 Å². The van der Waals surface area contributed by atoms with E-state index in [9.17, 15) is 9.59 Å². The summed E-state index contributed by atoms with van der Waals surface area (Å²) in [6, 6.07) is -0.0843. The zero-order chi connectivity index (χ0) is 10.8. The van der Waals surface area contributed by atoms with Gasteiger partial charge in [-0.15, -0.1) is 0 Å². The van der Waals surface area contributed by atoms with Gasteiger partial charge in [-0.3, -0.25) is 9.59 Å². The molecule has 1 saturated carbocycles. The first-order chi connectivity index (χ1) is 7.16. The second kappa shape index (κ2) is 4.18. The smallest absolute Gasteiger partial charge is 0.305 e. The van der Waals surface area contributed by atoms with Crippen LogP contribution in [0.5, 0.6) is 0 Å². The molecule has 0 aromatic carbocycles. The van der Waals surface area contributed by atoms with Crippen LogP contribution in [0.25, 0.3) is 0 Å². The van der Waals surface area contributed by atoms with Crippen LogP contribution < -0.4 is 10.6 Å². The summed E-state index contributed by atoms with van der Waals surface area (Å²) in [6.45, 7) is 0. The minimum absolute atomic E-state index is 0.130. The van der Waals surface area contributed by atoms with Crippen molar-refractivity contribution in [2.45, 2.75) is 50.2 Å². The van der Waals surface area contributed by atoms with Crippen LogP contribution in [0.4, 0.5) is 0 Å². The molecule has 15 heavy (non-hydrogen) atoms. The summed E-state index contributed by atoms with van der Waals surface area (Å²) in [4.78, 5) is 22.1. The van der Waals surface area contributed by atoms with Crippen LogP contribution in [-0.2, 0) is 9.59 Å². The summed E-state index contributed by atoms with van der Waals surface area (Å²) in [7, 11) is 0. The number of carboxylic acids is 1. The third-order valence-electron chi connectivity index (χ3n) is 3.20. The van der Waals surface area contributed by atoms with E-state index < -0.39 is 12.0 Å². The van der Waals surface area contributed by atoms with Gasteiger partial charge in [-0.2, -0.15) is 0 Å². The van der Waals surface area contributed by atoms with Gasteiger partial charge >= 0.3 is 5.97 Å². The van der Waals surface area contributed by atoms with E-state index in [0.717, 1.165) is 25.7 Å². The molecule has 1 heterocycles. The maximum absolute atomic E-state index is 11.5. The maximum Gasteiger partial charge on any atom is 0.305 e. The van der Waals surface area contributed by atoms with Crippen LogP contribution in [0.3, 0.4) is 0 Å². The predicted octanol–water partition coefficient (Wildman–Crippen LogP) is -0.140. The van der Waals surface area contributed by atoms with E-state index in [-0.39, 0.29) is 24.4 Å². The average Bonchev–Trinajstić information content (AvgIpc) is 2.18. The number of hydrogen-bond donors (Lipinski definition) is 3. The van der Waals surface area contributed by atoms with Crippen molar-refractivity contribution in [3.63, 3.8) is 0 Å². The van der Waals surface area contributed by atoms with Crippen LogP contribution in [0.2, 0.25) is 0 Å². The number of fused-ring (bicyclic) bond motifs is 1. The molecule has 5 nitrogen and oxygen atoms in total. The minimum atomic E-state index is -0.933. The highest BCUT2D eigenvalue weighted by Gasteiger charge is 2.36. The first-order valence-electron chi connectivity index (χ1n) is 5.45. The molecule has 5 heteroatoms. The molecular formula is C10H16N2O3. The lowest BCUT2D eigenvalue weighted by molar-refractivity contribution is -0.141. The van der Waals surface area contributed by atoms with Crippen molar-refractivity contribution in [3.8, 4) is 0 Å². The van der Waals surface area contributed by atoms with E-state index in [0.29, 0.717) is 0 Å². The number of piperazine rings is 1. The Morgan fingerprint density at radius 3 is 2.67 bits per heavy atom. The largest absolute Gasteiger partial charge is 0.481 e. The summed E-state index contributed by atoms with van der Waals surface area (Å²) in [5.74, 6) is -1.10. The van der Waals surface area contributed by atoms with Gasteiger partial charge in [0.25, 0.3) is 0 Å². The van der Waals surface area contributed by atoms with Gasteiger partial charge in [-0.1, -0.05) is 12.8 Å². The Hall–Kier alpha value is -1.10. The summed E-state index contributed by atoms with van der Waals surface area (Å²) < 4.78 is 0. The topological polar surface area (TPSA) is 78.4 Å². The molecule has 1 saturated heterocycles. The number of rotatable bonds is 2. The fourth-order valence-electron chi connectivity index (χ4n) is 2.45. The maximum atomic E-state index is 11.5. The average molecular weight is 212 g/mol. The molecule has 0 bridgehead atoms. The summed E-state index contributed by atoms with van der Waals surface area (Å²) in [6.07, 6.45) is 4.20. The third-order valence-corrected chi connectivity index (χ3v) is 3.20. The Bertz CT molecular complexity index is 280. The van der Waals surface area contributed by atoms with E-state index in [1.807, 2.05) is 0 Å². The standard InChI is InChI=1S/C10H16N2O3/c13-9(14)5-8-10(15)12-7-4-2-1-3-6(7)11-8/h6-8,11H,1-5H2,(H,12,15)(H,13,14)/t6-,7+,8+/m1/s1. The van der Waals surface area contributed by atoms with Gasteiger partial charge < -0.3 is 15.7 Å². The van der Waals surface area contributed by atoms with Crippen molar-refractivity contribution in [2.24, 2.45) is 0 Å². The fraction of sp³-hybridized carbons (Fsp3) is 0.800. The van der Waals surface area contributed by atoms with Gasteiger partial charge in [0.2, 0.25) is 5.91 Å². The van der Waals surface area contributed by atoms with Crippen molar-refractivity contribution >= 4 is 11.9 Å². The highest BCUT2D eigenvalue weighted by molar-refractivity contribution is 5.87. The Morgan fingerprint density at radius 2 is 2.00 bits per heavy atom. The monoisotopic (exact) mass is 212 g/mol. The highest BCUT2D eigenvalue weighted by atomic mass is 16.4. The zero-order valence-corrected chi connectivity index (χ0v) is 8.53. The Kier molecular flexibility index (Phi) is 2.90. The van der Waals surface area contributed by atoms with E-state index in [1.54, 1.807) is 0 Å². The Balaban J connectivity index is 1.98. The Morgan fingerprint density at radius 1 is 1.33 bits per heavy atom. The number of carbonyl (C=O) groups excluding carboxylic acids is 1. The van der Waals surface area contributed by atoms with Crippen LogP contribution in [0, 0.1) is 0 Å². The molecule has 0 spiro atoms. The molecule has 3 atom stereocenters. The van der Waals surface area contributed by atoms with Gasteiger partial charge in [0.05, 0.1) is 12.5 Å². The van der Waals surface area contributed by atoms with Gasteiger partial charge in [0, 0.05) is 12.1 Å². The van der Waals surface area contributed by atoms with Crippen LogP contribution in [0.15, 0.2) is 0 Å². The van der Waals surface area contributed by atoms with Crippen molar-refractivity contribution in [3.05, 3.63) is 0 Å². The van der Waals surface area contributed by atoms with Crippen LogP contribution in [0.1, 0.15) is 32.1 Å². The number of nitrogens with one attached hydrogen (secondary N) is 2. The second-order valence-electron chi connectivity index (χ2n) is 4.32. The Labute approximate surface area is 88.2 Å². The lowest BCUT2D eigenvalue weighted by Gasteiger charge is -2.40. The first kappa shape index (κ1) is 10.4. The van der Waals surface area contributed by atoms with Crippen molar-refractivity contribution in [1.29, 1.82) is 0 Å². The first-order valence-corrected chi connectivity index (χ1v) is 5.45. The molecule has 1 aliphatic carbocycles. The molecule has 84 valence electrons. The molecule has 2 aliphatic rings. The summed E-state index contributed by atoms with van der Waals surface area (Å²) in [5, 5.41) is 14.7. The predicted molar refractivity (Wildman–Crippen MR) is 53.4 cm³/mol. The molecule has 0 unspecified atom stereocenters. The van der Waals surface area contributed by atoms with Crippen LogP contribution in [-0.4, -0.2) is 35.1 Å². The summed E-state index contributed by atoms with van der Waals surface area (Å²) in [5.41, 5.74) is 0. The van der Waals surface area contributed by atoms with E-state index in [4.69, 9.17) is 5.11 Å². The van der Waals surface area contributed by atoms with Crippen molar-refractivity contribution in [2.75, 3.05) is 0 Å². The molecule has 0 aromatic rings. The molecule has 1 amide bonds. The molecule has 1 aliphatic heterocycles. The number of aliphatic carboxylic acids is 1. The van der Waals surface area contributed by atoms with Gasteiger partial charge in [-0.05, 0) is 12.8 Å². The molecule has 0 aromatic heterocycles. The lowest BCUT2D eigenvalue weighted by atomic mass is 9.87. The van der Waals surface area contributed by atoms with Gasteiger partial charge in [0.15, 0.2) is 0 Å². The highest BCUT2D eigenvalue weighted by Crippen LogP contribution is 2.22. The minimum Gasteiger partial charge on any atom is -0.481 e. The van der Waals surface area contributed by atoms with E-state index in [1.165, 1.54) is 0 Å². The van der Waals surface area contributed by atoms with Gasteiger partial charge in [0.1, 0.15) is 0 Å². The number of carbonyl (C=O) groups is 2. The molecular weight excluding hydrogens is 196 g/mol. The van der Waals surface area contributed by atoms with E-state index in [2.05, 4.69) is 10.6 Å². The third kappa shape index (κ3) is 2.28. The molecule has 3 N–H and O–H groups in total. The van der Waals surface area contributed by atoms with Crippen molar-refractivity contribution < 1.29 is 14.7 Å². The molecule has 0 radical (unpaired) electrons. The van der Waals surface area contributed by atoms with Crippen molar-refractivity contribution in [1.82, 2.24) is 10.6 Å². The lowest BCUT2D eigenvalue weighted by Crippen LogP contribution is -2.64. The summed E-state index contributed by atoms with van der Waals surface area (Å²) >= 11 is 0. The number of hydrogen-bond acceptors (Lipinski definition) is 3. The fourth-order valence-corrected chi connectivity index (χ4v) is 2.45. The molecule has 2 rings (SSSR count). The SMILES string of the molecule is O=C(O)C[C@@H]1N[C@@H]2CCCC[C@@H]2NC1=O. The molecule has 2 fully saturated rings. The quantitative estimate of drug-likeness (QED) is 0.595. The van der Waals surface area contributed by atoms with Crippen LogP contribution >= 0.6 is 0 Å². The second-order valence-corrected chi connectivity index (χ2v) is 4.32. The normalized spacial score (nSPS) is 35.5.